The predicted octanol–water partition coefficient (Wildman–Crippen LogP) is 2.30. The van der Waals surface area contributed by atoms with Gasteiger partial charge in [-0.3, -0.25) is 4.79 Å². The van der Waals surface area contributed by atoms with E-state index in [0.29, 0.717) is 16.8 Å². The second-order valence-electron chi connectivity index (χ2n) is 4.18. The fraction of sp³-hybridized carbons (Fsp3) is 0.214. The Bertz CT molecular complexity index is 658. The van der Waals surface area contributed by atoms with Crippen molar-refractivity contribution in [3.05, 3.63) is 53.2 Å². The molecule has 0 bridgehead atoms. The third-order valence-electron chi connectivity index (χ3n) is 3.15. The number of nitrogens with two attached hydrogens (primary N) is 1. The highest BCUT2D eigenvalue weighted by Crippen LogP contribution is 2.20. The van der Waals surface area contributed by atoms with Crippen molar-refractivity contribution < 1.29 is 4.74 Å². The standard InChI is InChI=1S/C14H16N2O2/c1-9(10(2)18-3)16-8-7-11-12(14(16)17)5-4-6-13(11)15/h4-9H,2,15H2,1,3H3/t9-/m1/s1. The van der Waals surface area contributed by atoms with E-state index < -0.39 is 0 Å². The van der Waals surface area contributed by atoms with E-state index in [1.165, 1.54) is 0 Å². The number of anilines is 1. The molecule has 0 unspecified atom stereocenters. The second-order valence-corrected chi connectivity index (χ2v) is 4.18. The van der Waals surface area contributed by atoms with E-state index >= 15 is 0 Å². The van der Waals surface area contributed by atoms with Crippen LogP contribution >= 0.6 is 0 Å². The van der Waals surface area contributed by atoms with Crippen LogP contribution in [0.5, 0.6) is 0 Å². The quantitative estimate of drug-likeness (QED) is 0.665. The Kier molecular flexibility index (Phi) is 3.10. The molecule has 1 heterocycles. The smallest absolute Gasteiger partial charge is 0.259 e. The highest BCUT2D eigenvalue weighted by molar-refractivity contribution is 5.91. The molecular weight excluding hydrogens is 228 g/mol. The minimum absolute atomic E-state index is 0.0921. The summed E-state index contributed by atoms with van der Waals surface area (Å²) in [6.07, 6.45) is 1.72. The van der Waals surface area contributed by atoms with E-state index in [2.05, 4.69) is 6.58 Å². The van der Waals surface area contributed by atoms with Crippen molar-refractivity contribution in [1.29, 1.82) is 0 Å². The number of fused-ring (bicyclic) bond motifs is 1. The summed E-state index contributed by atoms with van der Waals surface area (Å²) in [5.41, 5.74) is 6.36. The number of nitrogens with zero attached hydrogens (tertiary/aromatic N) is 1. The Morgan fingerprint density at radius 1 is 1.39 bits per heavy atom. The number of rotatable bonds is 3. The Morgan fingerprint density at radius 2 is 2.11 bits per heavy atom. The van der Waals surface area contributed by atoms with Gasteiger partial charge in [0.05, 0.1) is 13.2 Å². The summed E-state index contributed by atoms with van der Waals surface area (Å²) in [7, 11) is 1.54. The van der Waals surface area contributed by atoms with Crippen LogP contribution < -0.4 is 11.3 Å². The van der Waals surface area contributed by atoms with E-state index in [1.54, 1.807) is 36.1 Å². The zero-order valence-electron chi connectivity index (χ0n) is 10.5. The molecule has 18 heavy (non-hydrogen) atoms. The van der Waals surface area contributed by atoms with Crippen molar-refractivity contribution in [2.24, 2.45) is 0 Å². The maximum atomic E-state index is 12.4. The molecule has 1 aromatic heterocycles. The SMILES string of the molecule is C=C(OC)[C@@H](C)n1ccc2c(N)cccc2c1=O. The van der Waals surface area contributed by atoms with Crippen LogP contribution in [0.25, 0.3) is 10.8 Å². The van der Waals surface area contributed by atoms with E-state index in [4.69, 9.17) is 10.5 Å². The van der Waals surface area contributed by atoms with Crippen molar-refractivity contribution in [1.82, 2.24) is 4.57 Å². The molecule has 0 aliphatic carbocycles. The number of benzene rings is 1. The first kappa shape index (κ1) is 12.2. The van der Waals surface area contributed by atoms with Gasteiger partial charge in [-0.2, -0.15) is 0 Å². The van der Waals surface area contributed by atoms with Crippen LogP contribution in [-0.2, 0) is 4.74 Å². The highest BCUT2D eigenvalue weighted by Gasteiger charge is 2.13. The number of hydrogen-bond donors (Lipinski definition) is 1. The lowest BCUT2D eigenvalue weighted by molar-refractivity contribution is 0.248. The number of allylic oxidation sites excluding steroid dienone is 1. The Balaban J connectivity index is 2.66. The van der Waals surface area contributed by atoms with Gasteiger partial charge in [0, 0.05) is 22.7 Å². The molecule has 1 atom stereocenters. The van der Waals surface area contributed by atoms with Gasteiger partial charge < -0.3 is 15.0 Å². The number of nitrogen functional groups attached to an aromatic ring is 1. The Morgan fingerprint density at radius 3 is 2.78 bits per heavy atom. The molecule has 0 amide bonds. The van der Waals surface area contributed by atoms with Crippen LogP contribution in [0.4, 0.5) is 5.69 Å². The molecule has 0 aliphatic rings. The van der Waals surface area contributed by atoms with Gasteiger partial charge in [0.25, 0.3) is 5.56 Å². The fourth-order valence-corrected chi connectivity index (χ4v) is 1.95. The first-order valence-corrected chi connectivity index (χ1v) is 5.68. The van der Waals surface area contributed by atoms with Gasteiger partial charge in [0.2, 0.25) is 0 Å². The zero-order valence-corrected chi connectivity index (χ0v) is 10.5. The molecule has 0 fully saturated rings. The van der Waals surface area contributed by atoms with E-state index in [9.17, 15) is 4.79 Å². The lowest BCUT2D eigenvalue weighted by Crippen LogP contribution is -2.24. The van der Waals surface area contributed by atoms with Crippen LogP contribution in [0, 0.1) is 0 Å². The topological polar surface area (TPSA) is 57.2 Å². The van der Waals surface area contributed by atoms with Crippen LogP contribution in [0.15, 0.2) is 47.6 Å². The van der Waals surface area contributed by atoms with E-state index in [-0.39, 0.29) is 11.6 Å². The van der Waals surface area contributed by atoms with Crippen LogP contribution in [-0.4, -0.2) is 11.7 Å². The number of ether oxygens (including phenoxy) is 1. The van der Waals surface area contributed by atoms with Crippen molar-refractivity contribution in [2.45, 2.75) is 13.0 Å². The zero-order chi connectivity index (χ0) is 13.3. The van der Waals surface area contributed by atoms with Crippen LogP contribution in [0.1, 0.15) is 13.0 Å². The maximum Gasteiger partial charge on any atom is 0.259 e. The number of methoxy groups -OCH3 is 1. The molecule has 1 aromatic carbocycles. The van der Waals surface area contributed by atoms with Crippen molar-refractivity contribution >= 4 is 16.5 Å². The third-order valence-corrected chi connectivity index (χ3v) is 3.15. The summed E-state index contributed by atoms with van der Waals surface area (Å²) in [5, 5.41) is 1.38. The molecular formula is C14H16N2O2. The van der Waals surface area contributed by atoms with Gasteiger partial charge in [0.1, 0.15) is 5.76 Å². The summed E-state index contributed by atoms with van der Waals surface area (Å²) in [5.74, 6) is 0.542. The van der Waals surface area contributed by atoms with E-state index in [0.717, 1.165) is 5.39 Å². The van der Waals surface area contributed by atoms with Crippen molar-refractivity contribution in [2.75, 3.05) is 12.8 Å². The molecule has 0 saturated carbocycles. The largest absolute Gasteiger partial charge is 0.500 e. The fourth-order valence-electron chi connectivity index (χ4n) is 1.95. The monoisotopic (exact) mass is 244 g/mol. The normalized spacial score (nSPS) is 12.3. The molecule has 0 saturated heterocycles. The summed E-state index contributed by atoms with van der Waals surface area (Å²) < 4.78 is 6.67. The maximum absolute atomic E-state index is 12.4. The third kappa shape index (κ3) is 1.86. The van der Waals surface area contributed by atoms with Crippen molar-refractivity contribution in [3.8, 4) is 0 Å². The summed E-state index contributed by atoms with van der Waals surface area (Å²) >= 11 is 0. The molecule has 2 aromatic rings. The first-order valence-electron chi connectivity index (χ1n) is 5.68. The van der Waals surface area contributed by atoms with Gasteiger partial charge in [-0.15, -0.1) is 0 Å². The molecule has 4 heteroatoms. The predicted molar refractivity (Wildman–Crippen MR) is 73.5 cm³/mol. The minimum Gasteiger partial charge on any atom is -0.500 e. The van der Waals surface area contributed by atoms with Gasteiger partial charge in [-0.05, 0) is 25.1 Å². The van der Waals surface area contributed by atoms with Crippen LogP contribution in [0.3, 0.4) is 0 Å². The Labute approximate surface area is 105 Å². The summed E-state index contributed by atoms with van der Waals surface area (Å²) in [6.45, 7) is 5.65. The molecule has 0 spiro atoms. The minimum atomic E-state index is -0.215. The lowest BCUT2D eigenvalue weighted by Gasteiger charge is -2.17. The molecule has 2 rings (SSSR count). The van der Waals surface area contributed by atoms with Gasteiger partial charge in [0.15, 0.2) is 0 Å². The van der Waals surface area contributed by atoms with Gasteiger partial charge >= 0.3 is 0 Å². The molecule has 2 N–H and O–H groups in total. The molecule has 0 aliphatic heterocycles. The molecule has 94 valence electrons. The van der Waals surface area contributed by atoms with Gasteiger partial charge in [-0.1, -0.05) is 12.6 Å². The summed E-state index contributed by atoms with van der Waals surface area (Å²) in [6, 6.07) is 6.95. The first-order chi connectivity index (χ1) is 8.56. The Hall–Kier alpha value is -2.23. The number of aromatic nitrogens is 1. The molecule has 0 radical (unpaired) electrons. The van der Waals surface area contributed by atoms with Gasteiger partial charge in [-0.25, -0.2) is 0 Å². The molecule has 4 nitrogen and oxygen atoms in total. The number of hydrogen-bond acceptors (Lipinski definition) is 3. The average molecular weight is 244 g/mol. The van der Waals surface area contributed by atoms with Crippen molar-refractivity contribution in [3.63, 3.8) is 0 Å². The highest BCUT2D eigenvalue weighted by atomic mass is 16.5. The second kappa shape index (κ2) is 4.56. The summed E-state index contributed by atoms with van der Waals surface area (Å²) in [4.78, 5) is 12.4. The number of pyridine rings is 1. The lowest BCUT2D eigenvalue weighted by atomic mass is 10.1. The average Bonchev–Trinajstić information content (AvgIpc) is 2.38. The van der Waals surface area contributed by atoms with Crippen LogP contribution in [0.2, 0.25) is 0 Å². The van der Waals surface area contributed by atoms with E-state index in [1.807, 2.05) is 13.0 Å².